The fraction of sp³-hybridized carbons (Fsp3) is 0.167. The second-order valence-corrected chi connectivity index (χ2v) is 5.60. The number of carbonyl (C=O) groups excluding carboxylic acids is 1. The van der Waals surface area contributed by atoms with Crippen LogP contribution in [0.15, 0.2) is 48.5 Å². The fourth-order valence-electron chi connectivity index (χ4n) is 2.89. The zero-order valence-electron chi connectivity index (χ0n) is 13.4. The molecule has 24 heavy (non-hydrogen) atoms. The number of hydrogen-bond donors (Lipinski definition) is 0. The average molecular weight is 320 g/mol. The van der Waals surface area contributed by atoms with Gasteiger partial charge in [0.05, 0.1) is 24.7 Å². The van der Waals surface area contributed by atoms with Crippen molar-refractivity contribution in [3.8, 4) is 5.75 Å². The maximum absolute atomic E-state index is 12.7. The predicted molar refractivity (Wildman–Crippen MR) is 90.5 cm³/mol. The third-order valence-corrected chi connectivity index (χ3v) is 4.05. The Morgan fingerprint density at radius 2 is 1.79 bits per heavy atom. The van der Waals surface area contributed by atoms with Gasteiger partial charge in [0, 0.05) is 5.56 Å². The number of methoxy groups -OCH3 is 1. The molecular weight excluding hydrogens is 304 g/mol. The molecule has 6 nitrogen and oxygen atoms in total. The lowest BCUT2D eigenvalue weighted by Gasteiger charge is -2.05. The topological polar surface area (TPSA) is 61.4 Å². The number of imidazole rings is 1. The maximum Gasteiger partial charge on any atom is 0.234 e. The first kappa shape index (κ1) is 14.4. The lowest BCUT2D eigenvalue weighted by molar-refractivity contribution is 0.0974. The number of carbonyl (C=O) groups is 1. The number of aryl methyl sites for hydroxylation is 1. The van der Waals surface area contributed by atoms with Gasteiger partial charge in [-0.05, 0) is 43.3 Å². The van der Waals surface area contributed by atoms with E-state index in [0.29, 0.717) is 17.2 Å². The minimum absolute atomic E-state index is 0.0153. The molecule has 0 radical (unpaired) electrons. The van der Waals surface area contributed by atoms with Gasteiger partial charge in [-0.3, -0.25) is 4.79 Å². The van der Waals surface area contributed by atoms with Gasteiger partial charge in [0.25, 0.3) is 0 Å². The van der Waals surface area contributed by atoms with Crippen molar-refractivity contribution in [1.82, 2.24) is 19.2 Å². The van der Waals surface area contributed by atoms with Crippen LogP contribution < -0.4 is 4.74 Å². The Kier molecular flexibility index (Phi) is 3.30. The number of nitrogens with zero attached hydrogens (tertiary/aromatic N) is 4. The van der Waals surface area contributed by atoms with Crippen LogP contribution in [-0.4, -0.2) is 32.1 Å². The number of para-hydroxylation sites is 2. The van der Waals surface area contributed by atoms with Crippen LogP contribution >= 0.6 is 0 Å². The van der Waals surface area contributed by atoms with Crippen molar-refractivity contribution in [2.75, 3.05) is 7.11 Å². The largest absolute Gasteiger partial charge is 0.497 e. The van der Waals surface area contributed by atoms with E-state index in [4.69, 9.17) is 4.74 Å². The summed E-state index contributed by atoms with van der Waals surface area (Å²) in [5.41, 5.74) is 2.52. The average Bonchev–Trinajstić information content (AvgIpc) is 3.12. The van der Waals surface area contributed by atoms with Gasteiger partial charge in [-0.2, -0.15) is 9.50 Å². The normalized spacial score (nSPS) is 11.2. The van der Waals surface area contributed by atoms with Gasteiger partial charge < -0.3 is 9.30 Å². The lowest BCUT2D eigenvalue weighted by Crippen LogP contribution is -2.10. The lowest BCUT2D eigenvalue weighted by atomic mass is 10.1. The summed E-state index contributed by atoms with van der Waals surface area (Å²) in [6.45, 7) is 2.05. The molecule has 6 heteroatoms. The van der Waals surface area contributed by atoms with Gasteiger partial charge in [0.1, 0.15) is 11.6 Å². The number of rotatable bonds is 4. The summed E-state index contributed by atoms with van der Waals surface area (Å²) in [5, 5.41) is 4.42. The number of ketones is 1. The van der Waals surface area contributed by atoms with Gasteiger partial charge in [0.2, 0.25) is 5.78 Å². The molecule has 0 fully saturated rings. The van der Waals surface area contributed by atoms with Crippen molar-refractivity contribution in [2.45, 2.75) is 13.5 Å². The highest BCUT2D eigenvalue weighted by atomic mass is 16.5. The van der Waals surface area contributed by atoms with E-state index in [1.165, 1.54) is 0 Å². The molecule has 0 saturated heterocycles. The molecule has 0 aliphatic heterocycles. The van der Waals surface area contributed by atoms with Crippen molar-refractivity contribution >= 4 is 22.6 Å². The van der Waals surface area contributed by atoms with Crippen molar-refractivity contribution in [3.05, 3.63) is 59.9 Å². The molecule has 2 aromatic carbocycles. The monoisotopic (exact) mass is 320 g/mol. The molecule has 0 aliphatic carbocycles. The standard InChI is InChI=1S/C18H16N4O2/c1-12-19-18-21(15-5-3-4-6-16(15)22(18)20-12)11-17(23)13-7-9-14(24-2)10-8-13/h3-10H,11H2,1-2H3. The summed E-state index contributed by atoms with van der Waals surface area (Å²) >= 11 is 0. The van der Waals surface area contributed by atoms with Crippen molar-refractivity contribution in [1.29, 1.82) is 0 Å². The number of fused-ring (bicyclic) bond motifs is 3. The summed E-state index contributed by atoms with van der Waals surface area (Å²) < 4.78 is 8.82. The molecule has 0 bridgehead atoms. The van der Waals surface area contributed by atoms with E-state index in [9.17, 15) is 4.79 Å². The van der Waals surface area contributed by atoms with Gasteiger partial charge in [0.15, 0.2) is 5.78 Å². The predicted octanol–water partition coefficient (Wildman–Crippen LogP) is 2.88. The van der Waals surface area contributed by atoms with Crippen LogP contribution in [-0.2, 0) is 6.54 Å². The molecule has 120 valence electrons. The van der Waals surface area contributed by atoms with Crippen LogP contribution in [0.25, 0.3) is 16.8 Å². The highest BCUT2D eigenvalue weighted by molar-refractivity contribution is 5.97. The highest BCUT2D eigenvalue weighted by Crippen LogP contribution is 2.20. The van der Waals surface area contributed by atoms with Gasteiger partial charge in [-0.1, -0.05) is 12.1 Å². The first-order chi connectivity index (χ1) is 11.7. The molecule has 2 heterocycles. The van der Waals surface area contributed by atoms with E-state index < -0.39 is 0 Å². The first-order valence-corrected chi connectivity index (χ1v) is 7.65. The van der Waals surface area contributed by atoms with E-state index in [1.54, 1.807) is 35.9 Å². The molecule has 4 aromatic rings. The number of Topliss-reactive ketones (excluding diaryl/α,β-unsaturated/α-hetero) is 1. The second kappa shape index (κ2) is 5.49. The first-order valence-electron chi connectivity index (χ1n) is 7.65. The minimum atomic E-state index is 0.0153. The second-order valence-electron chi connectivity index (χ2n) is 5.60. The smallest absolute Gasteiger partial charge is 0.234 e. The molecule has 2 aromatic heterocycles. The van der Waals surface area contributed by atoms with Crippen molar-refractivity contribution < 1.29 is 9.53 Å². The third kappa shape index (κ3) is 2.23. The van der Waals surface area contributed by atoms with Crippen LogP contribution in [0.3, 0.4) is 0 Å². The molecule has 0 atom stereocenters. The van der Waals surface area contributed by atoms with Crippen LogP contribution in [0.1, 0.15) is 16.2 Å². The van der Waals surface area contributed by atoms with Crippen molar-refractivity contribution in [3.63, 3.8) is 0 Å². The Balaban J connectivity index is 1.78. The van der Waals surface area contributed by atoms with Gasteiger partial charge >= 0.3 is 0 Å². The maximum atomic E-state index is 12.7. The Morgan fingerprint density at radius 3 is 2.50 bits per heavy atom. The van der Waals surface area contributed by atoms with E-state index in [-0.39, 0.29) is 12.3 Å². The Morgan fingerprint density at radius 1 is 1.08 bits per heavy atom. The summed E-state index contributed by atoms with van der Waals surface area (Å²) in [6.07, 6.45) is 0. The van der Waals surface area contributed by atoms with Gasteiger partial charge in [-0.15, -0.1) is 5.10 Å². The van der Waals surface area contributed by atoms with E-state index in [1.807, 2.05) is 35.8 Å². The highest BCUT2D eigenvalue weighted by Gasteiger charge is 2.16. The minimum Gasteiger partial charge on any atom is -0.497 e. The molecule has 0 spiro atoms. The van der Waals surface area contributed by atoms with E-state index in [2.05, 4.69) is 10.1 Å². The van der Waals surface area contributed by atoms with Gasteiger partial charge in [-0.25, -0.2) is 0 Å². The zero-order chi connectivity index (χ0) is 16.7. The summed E-state index contributed by atoms with van der Waals surface area (Å²) in [4.78, 5) is 17.2. The summed E-state index contributed by atoms with van der Waals surface area (Å²) in [7, 11) is 1.60. The number of ether oxygens (including phenoxy) is 1. The number of aromatic nitrogens is 4. The third-order valence-electron chi connectivity index (χ3n) is 4.05. The Labute approximate surface area is 138 Å². The summed E-state index contributed by atoms with van der Waals surface area (Å²) in [6, 6.07) is 15.0. The summed E-state index contributed by atoms with van der Waals surface area (Å²) in [5.74, 6) is 2.10. The Hall–Kier alpha value is -3.15. The number of hydrogen-bond acceptors (Lipinski definition) is 4. The molecule has 0 N–H and O–H groups in total. The zero-order valence-corrected chi connectivity index (χ0v) is 13.4. The quantitative estimate of drug-likeness (QED) is 0.542. The van der Waals surface area contributed by atoms with Crippen LogP contribution in [0.4, 0.5) is 0 Å². The molecule has 0 amide bonds. The van der Waals surface area contributed by atoms with Crippen LogP contribution in [0.5, 0.6) is 5.75 Å². The molecule has 0 unspecified atom stereocenters. The molecule has 4 rings (SSSR count). The molecule has 0 aliphatic rings. The van der Waals surface area contributed by atoms with E-state index >= 15 is 0 Å². The van der Waals surface area contributed by atoms with Crippen molar-refractivity contribution in [2.24, 2.45) is 0 Å². The van der Waals surface area contributed by atoms with Crippen LogP contribution in [0, 0.1) is 6.92 Å². The SMILES string of the molecule is COc1ccc(C(=O)Cn2c3ccccc3n3nc(C)nc23)cc1. The molecular formula is C18H16N4O2. The van der Waals surface area contributed by atoms with E-state index in [0.717, 1.165) is 16.8 Å². The fourth-order valence-corrected chi connectivity index (χ4v) is 2.89. The number of benzene rings is 2. The van der Waals surface area contributed by atoms with Crippen LogP contribution in [0.2, 0.25) is 0 Å². The Bertz CT molecular complexity index is 1040. The molecule has 0 saturated carbocycles.